The Hall–Kier alpha value is -2.03. The van der Waals surface area contributed by atoms with Crippen LogP contribution in [-0.2, 0) is 32.7 Å². The predicted octanol–water partition coefficient (Wildman–Crippen LogP) is 12.3. The maximum atomic E-state index is 12.7. The first-order chi connectivity index (χ1) is 26.5. The van der Waals surface area contributed by atoms with Gasteiger partial charge in [0.1, 0.15) is 19.8 Å². The quantitative estimate of drug-likeness (QED) is 0.0215. The first-order valence-corrected chi connectivity index (χ1v) is 23.4. The van der Waals surface area contributed by atoms with Gasteiger partial charge in [-0.3, -0.25) is 18.6 Å². The Kier molecular flexibility index (Phi) is 36.2. The van der Waals surface area contributed by atoms with E-state index in [9.17, 15) is 19.0 Å². The fourth-order valence-electron chi connectivity index (χ4n) is 5.65. The fourth-order valence-corrected chi connectivity index (χ4v) is 6.39. The molecule has 55 heavy (non-hydrogen) atoms. The topological polar surface area (TPSA) is 108 Å². The van der Waals surface area contributed by atoms with Crippen LogP contribution in [0.15, 0.2) is 48.6 Å². The highest BCUT2D eigenvalue weighted by Crippen LogP contribution is 2.43. The van der Waals surface area contributed by atoms with Crippen molar-refractivity contribution >= 4 is 19.8 Å². The molecule has 0 aromatic carbocycles. The van der Waals surface area contributed by atoms with E-state index in [0.717, 1.165) is 57.8 Å². The number of ether oxygens (including phenoxy) is 2. The number of quaternary nitrogens is 1. The Labute approximate surface area is 337 Å². The molecule has 0 aliphatic rings. The van der Waals surface area contributed by atoms with Gasteiger partial charge in [-0.2, -0.15) is 0 Å². The van der Waals surface area contributed by atoms with Gasteiger partial charge in [0.15, 0.2) is 6.10 Å². The Morgan fingerprint density at radius 3 is 1.53 bits per heavy atom. The molecule has 0 radical (unpaired) electrons. The average Bonchev–Trinajstić information content (AvgIpc) is 3.13. The lowest BCUT2D eigenvalue weighted by molar-refractivity contribution is -0.870. The molecule has 0 spiro atoms. The predicted molar refractivity (Wildman–Crippen MR) is 229 cm³/mol. The molecular formula is C45H83NO8P+. The van der Waals surface area contributed by atoms with E-state index in [1.807, 2.05) is 21.1 Å². The molecule has 1 N–H and O–H groups in total. The van der Waals surface area contributed by atoms with Gasteiger partial charge in [-0.1, -0.05) is 159 Å². The summed E-state index contributed by atoms with van der Waals surface area (Å²) in [7, 11) is 1.46. The van der Waals surface area contributed by atoms with Crippen LogP contribution in [0.1, 0.15) is 174 Å². The van der Waals surface area contributed by atoms with Gasteiger partial charge in [-0.05, 0) is 51.4 Å². The molecule has 0 fully saturated rings. The third-order valence-corrected chi connectivity index (χ3v) is 10.1. The first kappa shape index (κ1) is 53.0. The van der Waals surface area contributed by atoms with Crippen LogP contribution in [0, 0.1) is 0 Å². The van der Waals surface area contributed by atoms with E-state index in [-0.39, 0.29) is 26.1 Å². The molecule has 0 bridgehead atoms. The number of hydrogen-bond acceptors (Lipinski definition) is 7. The number of carbonyl (C=O) groups excluding carboxylic acids is 2. The van der Waals surface area contributed by atoms with Gasteiger partial charge in [-0.15, -0.1) is 0 Å². The average molecular weight is 797 g/mol. The Balaban J connectivity index is 4.42. The van der Waals surface area contributed by atoms with Gasteiger partial charge < -0.3 is 18.9 Å². The smallest absolute Gasteiger partial charge is 0.462 e. The van der Waals surface area contributed by atoms with Gasteiger partial charge in [0.05, 0.1) is 27.7 Å². The Morgan fingerprint density at radius 1 is 0.564 bits per heavy atom. The lowest BCUT2D eigenvalue weighted by atomic mass is 10.0. The summed E-state index contributed by atoms with van der Waals surface area (Å²) in [5, 5.41) is 0. The number of rotatable bonds is 39. The second kappa shape index (κ2) is 37.5. The van der Waals surface area contributed by atoms with Gasteiger partial charge in [0.25, 0.3) is 0 Å². The molecule has 0 saturated heterocycles. The fraction of sp³-hybridized carbons (Fsp3) is 0.778. The third kappa shape index (κ3) is 41.4. The number of esters is 2. The van der Waals surface area contributed by atoms with Crippen molar-refractivity contribution in [1.82, 2.24) is 0 Å². The molecule has 0 aromatic rings. The lowest BCUT2D eigenvalue weighted by Crippen LogP contribution is -2.37. The van der Waals surface area contributed by atoms with Gasteiger partial charge in [0, 0.05) is 12.8 Å². The molecule has 0 saturated carbocycles. The van der Waals surface area contributed by atoms with Crippen LogP contribution in [0.2, 0.25) is 0 Å². The molecule has 0 aliphatic carbocycles. The summed E-state index contributed by atoms with van der Waals surface area (Å²) in [6.07, 6.45) is 42.9. The zero-order valence-corrected chi connectivity index (χ0v) is 36.8. The molecular weight excluding hydrogens is 713 g/mol. The normalized spacial score (nSPS) is 14.1. The number of phosphoric ester groups is 1. The van der Waals surface area contributed by atoms with Gasteiger partial charge in [-0.25, -0.2) is 4.57 Å². The van der Waals surface area contributed by atoms with Crippen LogP contribution in [-0.4, -0.2) is 74.9 Å². The first-order valence-electron chi connectivity index (χ1n) is 21.9. The zero-order valence-electron chi connectivity index (χ0n) is 35.9. The minimum atomic E-state index is -4.38. The monoisotopic (exact) mass is 797 g/mol. The van der Waals surface area contributed by atoms with Crippen LogP contribution in [0.3, 0.4) is 0 Å². The molecule has 9 nitrogen and oxygen atoms in total. The molecule has 1 unspecified atom stereocenters. The van der Waals surface area contributed by atoms with Crippen LogP contribution in [0.4, 0.5) is 0 Å². The molecule has 0 aromatic heterocycles. The number of nitrogens with zero attached hydrogens (tertiary/aromatic N) is 1. The molecule has 0 amide bonds. The highest BCUT2D eigenvalue weighted by Gasteiger charge is 2.27. The van der Waals surface area contributed by atoms with E-state index in [1.54, 1.807) is 0 Å². The minimum absolute atomic E-state index is 0.0260. The zero-order chi connectivity index (χ0) is 40.7. The molecule has 10 heteroatoms. The molecule has 2 atom stereocenters. The summed E-state index contributed by atoms with van der Waals surface area (Å²) in [5.74, 6) is -0.834. The maximum Gasteiger partial charge on any atom is 0.472 e. The van der Waals surface area contributed by atoms with E-state index >= 15 is 0 Å². The summed E-state index contributed by atoms with van der Waals surface area (Å²) in [6.45, 7) is 4.31. The minimum Gasteiger partial charge on any atom is -0.462 e. The number of likely N-dealkylation sites (N-methyl/N-ethyl adjacent to an activating group) is 1. The lowest BCUT2D eigenvalue weighted by Gasteiger charge is -2.24. The standard InChI is InChI=1S/C45H82NO8P/c1-6-8-10-12-14-16-18-20-22-23-24-26-27-29-31-33-35-37-44(47)51-41-43(42-53-55(49,50)52-40-39-46(3,4)5)54-45(48)38-36-34-32-30-28-25-21-19-17-15-13-11-9-7-2/h10,12,16,18,22-23,26-27,43H,6-9,11,13-15,17,19-21,24-25,28-42H2,1-5H3/p+1/b12-10+,18-16+,23-22+,27-26+/t43-/m1/s1. The van der Waals surface area contributed by atoms with E-state index in [0.29, 0.717) is 23.9 Å². The summed E-state index contributed by atoms with van der Waals surface area (Å²) < 4.78 is 34.3. The van der Waals surface area contributed by atoms with E-state index in [2.05, 4.69) is 62.5 Å². The van der Waals surface area contributed by atoms with Crippen molar-refractivity contribution in [2.75, 3.05) is 47.5 Å². The molecule has 0 aliphatic heterocycles. The largest absolute Gasteiger partial charge is 0.472 e. The van der Waals surface area contributed by atoms with Gasteiger partial charge in [0.2, 0.25) is 0 Å². The second-order valence-electron chi connectivity index (χ2n) is 15.7. The van der Waals surface area contributed by atoms with Crippen molar-refractivity contribution in [2.45, 2.75) is 180 Å². The maximum absolute atomic E-state index is 12.7. The van der Waals surface area contributed by atoms with Crippen molar-refractivity contribution in [3.8, 4) is 0 Å². The second-order valence-corrected chi connectivity index (χ2v) is 17.2. The molecule has 320 valence electrons. The molecule has 0 rings (SSSR count). The summed E-state index contributed by atoms with van der Waals surface area (Å²) >= 11 is 0. The third-order valence-electron chi connectivity index (χ3n) is 9.09. The Bertz CT molecular complexity index is 1080. The van der Waals surface area contributed by atoms with Crippen molar-refractivity contribution in [1.29, 1.82) is 0 Å². The van der Waals surface area contributed by atoms with Gasteiger partial charge >= 0.3 is 19.8 Å². The number of carbonyl (C=O) groups is 2. The van der Waals surface area contributed by atoms with Crippen LogP contribution < -0.4 is 0 Å². The number of unbranched alkanes of at least 4 members (excludes halogenated alkanes) is 17. The van der Waals surface area contributed by atoms with E-state index in [4.69, 9.17) is 18.5 Å². The van der Waals surface area contributed by atoms with Crippen molar-refractivity contribution in [3.05, 3.63) is 48.6 Å². The number of hydrogen-bond donors (Lipinski definition) is 1. The number of allylic oxidation sites excluding steroid dienone is 8. The van der Waals surface area contributed by atoms with Crippen LogP contribution in [0.25, 0.3) is 0 Å². The van der Waals surface area contributed by atoms with E-state index in [1.165, 1.54) is 77.0 Å². The molecule has 0 heterocycles. The number of phosphoric acid groups is 1. The Morgan fingerprint density at radius 2 is 1.02 bits per heavy atom. The van der Waals surface area contributed by atoms with Crippen LogP contribution >= 0.6 is 7.82 Å². The van der Waals surface area contributed by atoms with E-state index < -0.39 is 32.5 Å². The highest BCUT2D eigenvalue weighted by molar-refractivity contribution is 7.47. The summed E-state index contributed by atoms with van der Waals surface area (Å²) in [6, 6.07) is 0. The van der Waals surface area contributed by atoms with Crippen molar-refractivity contribution < 1.29 is 42.1 Å². The summed E-state index contributed by atoms with van der Waals surface area (Å²) in [5.41, 5.74) is 0. The van der Waals surface area contributed by atoms with Crippen molar-refractivity contribution in [2.24, 2.45) is 0 Å². The SMILES string of the molecule is CCC/C=C/C/C=C/C/C=C/C/C=C/CCCCCC(=O)OC[C@H](COP(=O)(O)OCC[N+](C)(C)C)OC(=O)CCCCCCCCCCCCCCCC. The highest BCUT2D eigenvalue weighted by atomic mass is 31.2. The van der Waals surface area contributed by atoms with Crippen LogP contribution in [0.5, 0.6) is 0 Å². The summed E-state index contributed by atoms with van der Waals surface area (Å²) in [4.78, 5) is 35.3. The van der Waals surface area contributed by atoms with Crippen molar-refractivity contribution in [3.63, 3.8) is 0 Å².